The van der Waals surface area contributed by atoms with Crippen molar-refractivity contribution < 1.29 is 13.5 Å². The number of halogens is 2. The van der Waals surface area contributed by atoms with E-state index in [9.17, 15) is 8.78 Å². The quantitative estimate of drug-likeness (QED) is 0.782. The van der Waals surface area contributed by atoms with E-state index in [-0.39, 0.29) is 5.75 Å². The molecule has 2 rings (SSSR count). The number of benzene rings is 1. The number of fused-ring (bicyclic) bond motifs is 1. The molecule has 0 bridgehead atoms. The van der Waals surface area contributed by atoms with Crippen LogP contribution in [0.1, 0.15) is 6.92 Å². The van der Waals surface area contributed by atoms with Gasteiger partial charge >= 0.3 is 6.61 Å². The molecule has 0 amide bonds. The smallest absolute Gasteiger partial charge is 0.387 e. The van der Waals surface area contributed by atoms with Crippen molar-refractivity contribution in [3.63, 3.8) is 0 Å². The normalized spacial score (nSPS) is 11.2. The highest BCUT2D eigenvalue weighted by Crippen LogP contribution is 2.26. The number of para-hydroxylation sites is 1. The number of rotatable bonds is 3. The summed E-state index contributed by atoms with van der Waals surface area (Å²) in [4.78, 5) is 0. The fourth-order valence-electron chi connectivity index (χ4n) is 1.54. The monoisotopic (exact) mass is 212 g/mol. The number of alkyl halides is 2. The summed E-state index contributed by atoms with van der Waals surface area (Å²) >= 11 is 0. The van der Waals surface area contributed by atoms with Crippen LogP contribution in [0.3, 0.4) is 0 Å². The Morgan fingerprint density at radius 2 is 2.27 bits per heavy atom. The standard InChI is InChI=1S/C10H10F2N2O/c1-2-14-9-7(6-13-14)4-3-5-8(9)15-10(11)12/h3-6,10H,2H2,1H3. The Bertz CT molecular complexity index is 467. The summed E-state index contributed by atoms with van der Waals surface area (Å²) in [6.07, 6.45) is 1.64. The number of ether oxygens (including phenoxy) is 1. The van der Waals surface area contributed by atoms with Gasteiger partial charge in [-0.25, -0.2) is 0 Å². The molecule has 5 heteroatoms. The first kappa shape index (κ1) is 9.89. The number of nitrogens with zero attached hydrogens (tertiary/aromatic N) is 2. The molecule has 1 heterocycles. The molecule has 0 saturated carbocycles. The lowest BCUT2D eigenvalue weighted by Crippen LogP contribution is -2.04. The van der Waals surface area contributed by atoms with Crippen LogP contribution in [-0.2, 0) is 6.54 Å². The third-order valence-corrected chi connectivity index (χ3v) is 2.14. The first-order valence-corrected chi connectivity index (χ1v) is 4.61. The van der Waals surface area contributed by atoms with Crippen LogP contribution in [0.5, 0.6) is 5.75 Å². The van der Waals surface area contributed by atoms with Gasteiger partial charge in [0, 0.05) is 11.9 Å². The van der Waals surface area contributed by atoms with Gasteiger partial charge in [0.2, 0.25) is 0 Å². The van der Waals surface area contributed by atoms with E-state index < -0.39 is 6.61 Å². The van der Waals surface area contributed by atoms with E-state index in [2.05, 4.69) is 9.84 Å². The van der Waals surface area contributed by atoms with E-state index in [0.717, 1.165) is 5.39 Å². The first-order chi connectivity index (χ1) is 7.22. The zero-order chi connectivity index (χ0) is 10.8. The van der Waals surface area contributed by atoms with Gasteiger partial charge in [0.25, 0.3) is 0 Å². The Morgan fingerprint density at radius 1 is 1.47 bits per heavy atom. The van der Waals surface area contributed by atoms with Crippen molar-refractivity contribution in [1.29, 1.82) is 0 Å². The summed E-state index contributed by atoms with van der Waals surface area (Å²) in [5.74, 6) is 0.168. The maximum absolute atomic E-state index is 12.1. The van der Waals surface area contributed by atoms with Crippen molar-refractivity contribution in [3.05, 3.63) is 24.4 Å². The number of aromatic nitrogens is 2. The molecular weight excluding hydrogens is 202 g/mol. The lowest BCUT2D eigenvalue weighted by atomic mass is 10.2. The Hall–Kier alpha value is -1.65. The summed E-state index contributed by atoms with van der Waals surface area (Å²) in [5.41, 5.74) is 0.611. The van der Waals surface area contributed by atoms with E-state index >= 15 is 0 Å². The van der Waals surface area contributed by atoms with Crippen LogP contribution in [0.15, 0.2) is 24.4 Å². The Kier molecular flexibility index (Phi) is 2.53. The molecule has 1 aromatic heterocycles. The van der Waals surface area contributed by atoms with Gasteiger partial charge in [-0.3, -0.25) is 4.68 Å². The molecule has 0 unspecified atom stereocenters. The molecule has 0 radical (unpaired) electrons. The van der Waals surface area contributed by atoms with Crippen LogP contribution in [-0.4, -0.2) is 16.4 Å². The van der Waals surface area contributed by atoms with Crippen LogP contribution in [0.2, 0.25) is 0 Å². The SMILES string of the molecule is CCn1ncc2cccc(OC(F)F)c21. The van der Waals surface area contributed by atoms with Gasteiger partial charge in [-0.2, -0.15) is 13.9 Å². The lowest BCUT2D eigenvalue weighted by molar-refractivity contribution is -0.0490. The van der Waals surface area contributed by atoms with Crippen molar-refractivity contribution in [2.24, 2.45) is 0 Å². The predicted octanol–water partition coefficient (Wildman–Crippen LogP) is 2.66. The molecule has 3 nitrogen and oxygen atoms in total. The third-order valence-electron chi connectivity index (χ3n) is 2.14. The average molecular weight is 212 g/mol. The molecule has 0 N–H and O–H groups in total. The predicted molar refractivity (Wildman–Crippen MR) is 52.0 cm³/mol. The highest BCUT2D eigenvalue weighted by molar-refractivity contribution is 5.84. The topological polar surface area (TPSA) is 27.1 Å². The first-order valence-electron chi connectivity index (χ1n) is 4.61. The van der Waals surface area contributed by atoms with Crippen molar-refractivity contribution in [2.45, 2.75) is 20.1 Å². The van der Waals surface area contributed by atoms with Crippen LogP contribution in [0, 0.1) is 0 Å². The van der Waals surface area contributed by atoms with Crippen molar-refractivity contribution in [2.75, 3.05) is 0 Å². The van der Waals surface area contributed by atoms with Gasteiger partial charge in [-0.15, -0.1) is 0 Å². The summed E-state index contributed by atoms with van der Waals surface area (Å²) < 4.78 is 30.3. The van der Waals surface area contributed by atoms with Crippen LogP contribution in [0.25, 0.3) is 10.9 Å². The summed E-state index contributed by atoms with van der Waals surface area (Å²) in [7, 11) is 0. The number of hydrogen-bond acceptors (Lipinski definition) is 2. The number of aryl methyl sites for hydroxylation is 1. The minimum absolute atomic E-state index is 0.168. The van der Waals surface area contributed by atoms with E-state index in [1.807, 2.05) is 13.0 Å². The van der Waals surface area contributed by atoms with E-state index in [0.29, 0.717) is 12.1 Å². The van der Waals surface area contributed by atoms with E-state index in [1.54, 1.807) is 16.9 Å². The highest BCUT2D eigenvalue weighted by Gasteiger charge is 2.11. The Morgan fingerprint density at radius 3 is 2.93 bits per heavy atom. The van der Waals surface area contributed by atoms with Gasteiger partial charge in [-0.1, -0.05) is 12.1 Å². The van der Waals surface area contributed by atoms with Gasteiger partial charge in [-0.05, 0) is 13.0 Å². The average Bonchev–Trinajstić information content (AvgIpc) is 2.61. The van der Waals surface area contributed by atoms with Gasteiger partial charge in [0.1, 0.15) is 5.52 Å². The van der Waals surface area contributed by atoms with E-state index in [1.165, 1.54) is 6.07 Å². The molecule has 15 heavy (non-hydrogen) atoms. The summed E-state index contributed by atoms with van der Waals surface area (Å²) in [6.45, 7) is -0.297. The Labute approximate surface area is 85.3 Å². The fraction of sp³-hybridized carbons (Fsp3) is 0.300. The van der Waals surface area contributed by atoms with Gasteiger partial charge < -0.3 is 4.74 Å². The van der Waals surface area contributed by atoms with Crippen molar-refractivity contribution >= 4 is 10.9 Å². The second-order valence-electron chi connectivity index (χ2n) is 3.03. The molecule has 0 aliphatic rings. The zero-order valence-corrected chi connectivity index (χ0v) is 8.15. The third kappa shape index (κ3) is 1.77. The summed E-state index contributed by atoms with van der Waals surface area (Å²) in [6, 6.07) is 5.00. The second-order valence-corrected chi connectivity index (χ2v) is 3.03. The Balaban J connectivity index is 2.56. The molecule has 80 valence electrons. The van der Waals surface area contributed by atoms with Crippen molar-refractivity contribution in [1.82, 2.24) is 9.78 Å². The fourth-order valence-corrected chi connectivity index (χ4v) is 1.54. The minimum atomic E-state index is -2.81. The molecule has 0 atom stereocenters. The largest absolute Gasteiger partial charge is 0.433 e. The molecule has 0 saturated heterocycles. The molecule has 0 aliphatic heterocycles. The molecular formula is C10H10F2N2O. The van der Waals surface area contributed by atoms with Gasteiger partial charge in [0.15, 0.2) is 5.75 Å². The van der Waals surface area contributed by atoms with Crippen molar-refractivity contribution in [3.8, 4) is 5.75 Å². The molecule has 2 aromatic rings. The molecule has 1 aromatic carbocycles. The maximum atomic E-state index is 12.1. The molecule has 0 aliphatic carbocycles. The van der Waals surface area contributed by atoms with Crippen LogP contribution < -0.4 is 4.74 Å². The zero-order valence-electron chi connectivity index (χ0n) is 8.15. The highest BCUT2D eigenvalue weighted by atomic mass is 19.3. The van der Waals surface area contributed by atoms with Crippen LogP contribution in [0.4, 0.5) is 8.78 Å². The van der Waals surface area contributed by atoms with Gasteiger partial charge in [0.05, 0.1) is 6.20 Å². The molecule has 0 spiro atoms. The van der Waals surface area contributed by atoms with E-state index in [4.69, 9.17) is 0 Å². The minimum Gasteiger partial charge on any atom is -0.433 e. The number of hydrogen-bond donors (Lipinski definition) is 0. The second kappa shape index (κ2) is 3.84. The summed E-state index contributed by atoms with van der Waals surface area (Å²) in [5, 5.41) is 4.87. The molecule has 0 fully saturated rings. The maximum Gasteiger partial charge on any atom is 0.387 e. The van der Waals surface area contributed by atoms with Crippen LogP contribution >= 0.6 is 0 Å². The lowest BCUT2D eigenvalue weighted by Gasteiger charge is -2.07.